The Hall–Kier alpha value is -1.74. The van der Waals surface area contributed by atoms with E-state index < -0.39 is 5.60 Å². The fourth-order valence-corrected chi connectivity index (χ4v) is 11.1. The van der Waals surface area contributed by atoms with Gasteiger partial charge in [-0.3, -0.25) is 9.78 Å². The van der Waals surface area contributed by atoms with Crippen LogP contribution in [0, 0.1) is 51.2 Å². The van der Waals surface area contributed by atoms with E-state index in [1.165, 1.54) is 25.7 Å². The molecular weight excluding hydrogens is 490 g/mol. The number of carbonyl (C=O) groups excluding carboxylic acids is 1. The van der Waals surface area contributed by atoms with Gasteiger partial charge in [-0.2, -0.15) is 0 Å². The fraction of sp³-hybridized carbons (Fsp3) is 0.730. The number of ketones is 1. The summed E-state index contributed by atoms with van der Waals surface area (Å²) in [5.41, 5.74) is 1.59. The SMILES string of the molecule is CC(C)/C=C/CC[C@](C)(O)[C@H]1CC[C@]2(C)[C@@H]1CC[C@@H]1[C@@]3(C)C/C(=C/c4cccnc4)C(=O)C(C)(C)[C@@H]3CC[C@]12C. The number of hydrogen-bond acceptors (Lipinski definition) is 3. The third-order valence-electron chi connectivity index (χ3n) is 13.1. The molecule has 5 rings (SSSR count). The number of pyridine rings is 1. The van der Waals surface area contributed by atoms with Gasteiger partial charge in [-0.05, 0) is 134 Å². The van der Waals surface area contributed by atoms with Crippen LogP contribution in [0.15, 0.2) is 42.3 Å². The van der Waals surface area contributed by atoms with E-state index in [0.717, 1.165) is 43.2 Å². The van der Waals surface area contributed by atoms with Gasteiger partial charge in [-0.1, -0.05) is 66.7 Å². The smallest absolute Gasteiger partial charge is 0.164 e. The summed E-state index contributed by atoms with van der Waals surface area (Å²) in [6, 6.07) is 4.02. The van der Waals surface area contributed by atoms with Crippen LogP contribution >= 0.6 is 0 Å². The molecule has 4 fully saturated rings. The van der Waals surface area contributed by atoms with Crippen molar-refractivity contribution >= 4 is 11.9 Å². The molecule has 3 heteroatoms. The van der Waals surface area contributed by atoms with Crippen molar-refractivity contribution in [2.75, 3.05) is 0 Å². The van der Waals surface area contributed by atoms with Gasteiger partial charge in [0.2, 0.25) is 0 Å². The highest BCUT2D eigenvalue weighted by molar-refractivity contribution is 6.04. The van der Waals surface area contributed by atoms with Gasteiger partial charge >= 0.3 is 0 Å². The van der Waals surface area contributed by atoms with E-state index >= 15 is 0 Å². The molecule has 40 heavy (non-hydrogen) atoms. The first-order valence-corrected chi connectivity index (χ1v) is 16.2. The highest BCUT2D eigenvalue weighted by atomic mass is 16.3. The first kappa shape index (κ1) is 29.7. The summed E-state index contributed by atoms with van der Waals surface area (Å²) in [6.07, 6.45) is 20.2. The zero-order valence-corrected chi connectivity index (χ0v) is 26.6. The second-order valence-corrected chi connectivity index (χ2v) is 16.1. The molecule has 8 atom stereocenters. The normalized spacial score (nSPS) is 41.5. The number of nitrogens with zero attached hydrogens (tertiary/aromatic N) is 1. The molecule has 1 aromatic rings. The van der Waals surface area contributed by atoms with Crippen LogP contribution in [0.2, 0.25) is 0 Å². The van der Waals surface area contributed by atoms with E-state index in [0.29, 0.717) is 35.4 Å². The summed E-state index contributed by atoms with van der Waals surface area (Å²) in [7, 11) is 0. The molecule has 0 unspecified atom stereocenters. The molecule has 0 amide bonds. The molecule has 0 spiro atoms. The number of Topliss-reactive ketones (excluding diaryl/α,β-unsaturated/α-hetero) is 1. The lowest BCUT2D eigenvalue weighted by atomic mass is 9.35. The van der Waals surface area contributed by atoms with E-state index in [2.05, 4.69) is 84.7 Å². The number of allylic oxidation sites excluding steroid dienone is 3. The second-order valence-electron chi connectivity index (χ2n) is 16.1. The number of aliphatic hydroxyl groups is 1. The lowest BCUT2D eigenvalue weighted by Gasteiger charge is -2.69. The third-order valence-corrected chi connectivity index (χ3v) is 13.1. The molecule has 1 heterocycles. The van der Waals surface area contributed by atoms with Crippen LogP contribution in [0.1, 0.15) is 119 Å². The van der Waals surface area contributed by atoms with Crippen molar-refractivity contribution in [3.05, 3.63) is 47.8 Å². The van der Waals surface area contributed by atoms with Gasteiger partial charge in [-0.25, -0.2) is 0 Å². The number of fused-ring (bicyclic) bond motifs is 5. The molecule has 1 aromatic heterocycles. The minimum absolute atomic E-state index is 0.0919. The Morgan fingerprint density at radius 1 is 1.05 bits per heavy atom. The second kappa shape index (κ2) is 10.2. The molecule has 0 bridgehead atoms. The molecule has 0 aromatic carbocycles. The monoisotopic (exact) mass is 545 g/mol. The van der Waals surface area contributed by atoms with Crippen molar-refractivity contribution in [2.24, 2.45) is 51.2 Å². The first-order valence-electron chi connectivity index (χ1n) is 16.2. The maximum atomic E-state index is 13.9. The van der Waals surface area contributed by atoms with Crippen molar-refractivity contribution in [3.63, 3.8) is 0 Å². The maximum Gasteiger partial charge on any atom is 0.164 e. The van der Waals surface area contributed by atoms with Gasteiger partial charge in [0.25, 0.3) is 0 Å². The average molecular weight is 546 g/mol. The first-order chi connectivity index (χ1) is 18.7. The molecule has 0 radical (unpaired) electrons. The molecule has 3 nitrogen and oxygen atoms in total. The molecule has 0 saturated heterocycles. The predicted molar refractivity (Wildman–Crippen MR) is 165 cm³/mol. The van der Waals surface area contributed by atoms with Crippen molar-refractivity contribution in [2.45, 2.75) is 119 Å². The minimum Gasteiger partial charge on any atom is -0.390 e. The standard InChI is InChI=1S/C37H55NO2/c1-25(2)12-9-10-18-37(8,40)29-16-19-35(6)28(29)14-15-31-34(5)23-27(22-26-13-11-21-38-24-26)32(39)33(3,4)30(34)17-20-36(31,35)7/h9,11-13,21-22,24-25,28-31,40H,10,14-20,23H2,1-8H3/b12-9+,27-22-/t28-,29+,30+,31-,34+,35-,36-,37+/m1/s1. The Morgan fingerprint density at radius 2 is 1.77 bits per heavy atom. The van der Waals surface area contributed by atoms with E-state index in [4.69, 9.17) is 0 Å². The quantitative estimate of drug-likeness (QED) is 0.286. The van der Waals surface area contributed by atoms with Gasteiger partial charge in [0.15, 0.2) is 5.78 Å². The summed E-state index contributed by atoms with van der Waals surface area (Å²) in [5, 5.41) is 11.8. The van der Waals surface area contributed by atoms with Gasteiger partial charge in [-0.15, -0.1) is 0 Å². The molecule has 220 valence electrons. The average Bonchev–Trinajstić information content (AvgIpc) is 3.25. The zero-order chi connectivity index (χ0) is 29.1. The zero-order valence-electron chi connectivity index (χ0n) is 26.6. The van der Waals surface area contributed by atoms with Crippen LogP contribution in [0.5, 0.6) is 0 Å². The third kappa shape index (κ3) is 4.58. The lowest BCUT2D eigenvalue weighted by molar-refractivity contribution is -0.201. The number of aromatic nitrogens is 1. The Kier molecular flexibility index (Phi) is 7.59. The van der Waals surface area contributed by atoms with Crippen LogP contribution in [0.3, 0.4) is 0 Å². The van der Waals surface area contributed by atoms with Crippen LogP contribution in [-0.2, 0) is 4.79 Å². The van der Waals surface area contributed by atoms with Crippen LogP contribution in [0.4, 0.5) is 0 Å². The largest absolute Gasteiger partial charge is 0.390 e. The number of rotatable bonds is 6. The van der Waals surface area contributed by atoms with Crippen LogP contribution < -0.4 is 0 Å². The highest BCUT2D eigenvalue weighted by Gasteiger charge is 2.69. The summed E-state index contributed by atoms with van der Waals surface area (Å²) >= 11 is 0. The molecule has 4 saturated carbocycles. The van der Waals surface area contributed by atoms with E-state index in [1.54, 1.807) is 6.20 Å². The Morgan fingerprint density at radius 3 is 2.45 bits per heavy atom. The van der Waals surface area contributed by atoms with Crippen molar-refractivity contribution in [3.8, 4) is 0 Å². The number of carbonyl (C=O) groups is 1. The van der Waals surface area contributed by atoms with E-state index in [9.17, 15) is 9.90 Å². The fourth-order valence-electron chi connectivity index (χ4n) is 11.1. The molecular formula is C37H55NO2. The van der Waals surface area contributed by atoms with E-state index in [1.807, 2.05) is 12.3 Å². The van der Waals surface area contributed by atoms with Crippen LogP contribution in [0.25, 0.3) is 6.08 Å². The molecule has 4 aliphatic rings. The van der Waals surface area contributed by atoms with Crippen molar-refractivity contribution in [1.29, 1.82) is 0 Å². The van der Waals surface area contributed by atoms with Gasteiger partial charge < -0.3 is 5.11 Å². The summed E-state index contributed by atoms with van der Waals surface area (Å²) in [6.45, 7) is 18.7. The Labute approximate surface area is 244 Å². The highest BCUT2D eigenvalue weighted by Crippen LogP contribution is 2.75. The lowest BCUT2D eigenvalue weighted by Crippen LogP contribution is -2.64. The maximum absolute atomic E-state index is 13.9. The van der Waals surface area contributed by atoms with E-state index in [-0.39, 0.29) is 21.7 Å². The Bertz CT molecular complexity index is 1160. The summed E-state index contributed by atoms with van der Waals surface area (Å²) in [5.74, 6) is 2.84. The number of hydrogen-bond donors (Lipinski definition) is 1. The van der Waals surface area contributed by atoms with Gasteiger partial charge in [0, 0.05) is 17.8 Å². The molecule has 0 aliphatic heterocycles. The summed E-state index contributed by atoms with van der Waals surface area (Å²) in [4.78, 5) is 18.2. The Balaban J connectivity index is 1.45. The minimum atomic E-state index is -0.618. The molecule has 1 N–H and O–H groups in total. The van der Waals surface area contributed by atoms with Crippen molar-refractivity contribution in [1.82, 2.24) is 4.98 Å². The van der Waals surface area contributed by atoms with Crippen molar-refractivity contribution < 1.29 is 9.90 Å². The van der Waals surface area contributed by atoms with Crippen LogP contribution in [-0.4, -0.2) is 21.5 Å². The summed E-state index contributed by atoms with van der Waals surface area (Å²) < 4.78 is 0. The van der Waals surface area contributed by atoms with Gasteiger partial charge in [0.1, 0.15) is 0 Å². The topological polar surface area (TPSA) is 50.2 Å². The van der Waals surface area contributed by atoms with Gasteiger partial charge in [0.05, 0.1) is 5.60 Å². The molecule has 4 aliphatic carbocycles. The predicted octanol–water partition coefficient (Wildman–Crippen LogP) is 9.07.